The topological polar surface area (TPSA) is 76.4 Å². The molecule has 2 aromatic carbocycles. The van der Waals surface area contributed by atoms with Gasteiger partial charge in [-0.3, -0.25) is 4.90 Å². The largest absolute Gasteiger partial charge is 0.504 e. The van der Waals surface area contributed by atoms with Gasteiger partial charge >= 0.3 is 0 Å². The van der Waals surface area contributed by atoms with Gasteiger partial charge in [0.05, 0.1) is 18.9 Å². The highest BCUT2D eigenvalue weighted by atomic mass is 16.5. The zero-order valence-electron chi connectivity index (χ0n) is 14.3. The minimum atomic E-state index is -0.704. The molecule has 1 aliphatic rings. The minimum Gasteiger partial charge on any atom is -0.504 e. The second-order valence-corrected chi connectivity index (χ2v) is 6.22. The van der Waals surface area contributed by atoms with E-state index in [4.69, 9.17) is 4.74 Å². The van der Waals surface area contributed by atoms with Crippen molar-refractivity contribution < 1.29 is 20.1 Å². The van der Waals surface area contributed by atoms with Crippen molar-refractivity contribution in [3.8, 4) is 17.2 Å². The molecule has 0 unspecified atom stereocenters. The average Bonchev–Trinajstić information content (AvgIpc) is 2.64. The molecule has 1 heterocycles. The van der Waals surface area contributed by atoms with Gasteiger partial charge in [0.2, 0.25) is 0 Å². The molecule has 0 aromatic heterocycles. The third-order valence-electron chi connectivity index (χ3n) is 4.61. The van der Waals surface area contributed by atoms with Gasteiger partial charge in [-0.25, -0.2) is 0 Å². The number of nitrogens with zero attached hydrogens (tertiary/aromatic N) is 2. The second-order valence-electron chi connectivity index (χ2n) is 6.22. The molecule has 1 aliphatic heterocycles. The highest BCUT2D eigenvalue weighted by Crippen LogP contribution is 2.30. The number of aliphatic hydroxyl groups excluding tert-OH is 1. The number of ether oxygens (including phenoxy) is 1. The molecule has 0 bridgehead atoms. The van der Waals surface area contributed by atoms with E-state index in [1.807, 2.05) is 18.2 Å². The fourth-order valence-electron chi connectivity index (χ4n) is 3.16. The molecule has 0 radical (unpaired) electrons. The maximum Gasteiger partial charge on any atom is 0.157 e. The SMILES string of the molecule is COc1ccccc1N1CCN(C[C@H](O)c2ccc(O)c(O)c2)CC1. The summed E-state index contributed by atoms with van der Waals surface area (Å²) in [4.78, 5) is 4.48. The molecule has 25 heavy (non-hydrogen) atoms. The summed E-state index contributed by atoms with van der Waals surface area (Å²) in [6.45, 7) is 3.87. The first kappa shape index (κ1) is 17.4. The van der Waals surface area contributed by atoms with Gasteiger partial charge in [-0.1, -0.05) is 18.2 Å². The van der Waals surface area contributed by atoms with Gasteiger partial charge in [0.15, 0.2) is 11.5 Å². The fraction of sp³-hybridized carbons (Fsp3) is 0.368. The Labute approximate surface area is 147 Å². The lowest BCUT2D eigenvalue weighted by atomic mass is 10.1. The summed E-state index contributed by atoms with van der Waals surface area (Å²) >= 11 is 0. The van der Waals surface area contributed by atoms with E-state index in [-0.39, 0.29) is 11.5 Å². The van der Waals surface area contributed by atoms with E-state index >= 15 is 0 Å². The molecule has 6 heteroatoms. The van der Waals surface area contributed by atoms with Crippen LogP contribution in [0.2, 0.25) is 0 Å². The van der Waals surface area contributed by atoms with E-state index in [2.05, 4.69) is 15.9 Å². The Morgan fingerprint density at radius 3 is 2.40 bits per heavy atom. The van der Waals surface area contributed by atoms with Gasteiger partial charge in [0.1, 0.15) is 5.75 Å². The number of piperazine rings is 1. The lowest BCUT2D eigenvalue weighted by Crippen LogP contribution is -2.47. The zero-order chi connectivity index (χ0) is 17.8. The van der Waals surface area contributed by atoms with Crippen molar-refractivity contribution >= 4 is 5.69 Å². The van der Waals surface area contributed by atoms with Crippen molar-refractivity contribution in [3.63, 3.8) is 0 Å². The molecule has 0 spiro atoms. The van der Waals surface area contributed by atoms with E-state index in [1.54, 1.807) is 13.2 Å². The molecule has 0 saturated carbocycles. The van der Waals surface area contributed by atoms with Crippen molar-refractivity contribution in [3.05, 3.63) is 48.0 Å². The Morgan fingerprint density at radius 2 is 1.72 bits per heavy atom. The van der Waals surface area contributed by atoms with E-state index in [9.17, 15) is 15.3 Å². The number of aromatic hydroxyl groups is 2. The third kappa shape index (κ3) is 3.97. The van der Waals surface area contributed by atoms with Crippen LogP contribution in [0.15, 0.2) is 42.5 Å². The first-order valence-electron chi connectivity index (χ1n) is 8.38. The van der Waals surface area contributed by atoms with Crippen molar-refractivity contribution in [2.24, 2.45) is 0 Å². The number of para-hydroxylation sites is 2. The summed E-state index contributed by atoms with van der Waals surface area (Å²) in [5, 5.41) is 29.3. The number of methoxy groups -OCH3 is 1. The summed E-state index contributed by atoms with van der Waals surface area (Å²) in [7, 11) is 1.68. The van der Waals surface area contributed by atoms with E-state index in [0.717, 1.165) is 37.6 Å². The number of anilines is 1. The summed E-state index contributed by atoms with van der Waals surface area (Å²) in [6, 6.07) is 12.4. The lowest BCUT2D eigenvalue weighted by molar-refractivity contribution is 0.109. The predicted molar refractivity (Wildman–Crippen MR) is 96.4 cm³/mol. The molecular weight excluding hydrogens is 320 g/mol. The quantitative estimate of drug-likeness (QED) is 0.720. The zero-order valence-corrected chi connectivity index (χ0v) is 14.3. The van der Waals surface area contributed by atoms with Crippen LogP contribution in [0.4, 0.5) is 5.69 Å². The summed E-state index contributed by atoms with van der Waals surface area (Å²) in [6.07, 6.45) is -0.704. The summed E-state index contributed by atoms with van der Waals surface area (Å²) in [5.74, 6) is 0.481. The van der Waals surface area contributed by atoms with Crippen LogP contribution in [0, 0.1) is 0 Å². The minimum absolute atomic E-state index is 0.179. The maximum atomic E-state index is 10.4. The Bertz CT molecular complexity index is 714. The van der Waals surface area contributed by atoms with Gasteiger partial charge in [0, 0.05) is 32.7 Å². The molecule has 6 nitrogen and oxygen atoms in total. The summed E-state index contributed by atoms with van der Waals surface area (Å²) in [5.41, 5.74) is 1.69. The van der Waals surface area contributed by atoms with Gasteiger partial charge in [0.25, 0.3) is 0 Å². The van der Waals surface area contributed by atoms with Crippen LogP contribution < -0.4 is 9.64 Å². The lowest BCUT2D eigenvalue weighted by Gasteiger charge is -2.37. The van der Waals surface area contributed by atoms with Crippen LogP contribution in [0.25, 0.3) is 0 Å². The molecular formula is C19H24N2O4. The number of phenols is 2. The number of hydrogen-bond donors (Lipinski definition) is 3. The standard InChI is InChI=1S/C19H24N2O4/c1-25-19-5-3-2-4-15(19)21-10-8-20(9-11-21)13-18(24)14-6-7-16(22)17(23)12-14/h2-7,12,18,22-24H,8-11,13H2,1H3/t18-/m0/s1. The monoisotopic (exact) mass is 344 g/mol. The van der Waals surface area contributed by atoms with Crippen LogP contribution in [0.5, 0.6) is 17.2 Å². The molecule has 3 rings (SSSR count). The number of hydrogen-bond acceptors (Lipinski definition) is 6. The van der Waals surface area contributed by atoms with Crippen molar-refractivity contribution in [2.45, 2.75) is 6.10 Å². The Kier molecular flexibility index (Phi) is 5.31. The Balaban J connectivity index is 1.58. The first-order chi connectivity index (χ1) is 12.1. The first-order valence-corrected chi connectivity index (χ1v) is 8.38. The smallest absolute Gasteiger partial charge is 0.157 e. The molecule has 0 aliphatic carbocycles. The molecule has 0 amide bonds. The van der Waals surface area contributed by atoms with Crippen LogP contribution in [-0.4, -0.2) is 60.1 Å². The molecule has 134 valence electrons. The number of benzene rings is 2. The normalized spacial score (nSPS) is 16.6. The third-order valence-corrected chi connectivity index (χ3v) is 4.61. The molecule has 1 saturated heterocycles. The maximum absolute atomic E-state index is 10.4. The number of aliphatic hydroxyl groups is 1. The van der Waals surface area contributed by atoms with Crippen LogP contribution in [0.3, 0.4) is 0 Å². The van der Waals surface area contributed by atoms with E-state index < -0.39 is 6.10 Å². The fourth-order valence-corrected chi connectivity index (χ4v) is 3.16. The van der Waals surface area contributed by atoms with Gasteiger partial charge < -0.3 is 25.0 Å². The van der Waals surface area contributed by atoms with E-state index in [0.29, 0.717) is 12.1 Å². The molecule has 1 atom stereocenters. The van der Waals surface area contributed by atoms with Gasteiger partial charge in [-0.15, -0.1) is 0 Å². The van der Waals surface area contributed by atoms with Crippen LogP contribution >= 0.6 is 0 Å². The Morgan fingerprint density at radius 1 is 1.00 bits per heavy atom. The van der Waals surface area contributed by atoms with Gasteiger partial charge in [-0.2, -0.15) is 0 Å². The average molecular weight is 344 g/mol. The molecule has 3 N–H and O–H groups in total. The highest BCUT2D eigenvalue weighted by Gasteiger charge is 2.22. The summed E-state index contributed by atoms with van der Waals surface area (Å²) < 4.78 is 5.43. The number of β-amino-alcohol motifs (C(OH)–C–C–N with tert-alkyl or cyclic N) is 1. The highest BCUT2D eigenvalue weighted by molar-refractivity contribution is 5.58. The molecule has 1 fully saturated rings. The van der Waals surface area contributed by atoms with Crippen LogP contribution in [0.1, 0.15) is 11.7 Å². The Hall–Kier alpha value is -2.44. The molecule has 2 aromatic rings. The van der Waals surface area contributed by atoms with Gasteiger partial charge in [-0.05, 0) is 29.8 Å². The number of phenolic OH excluding ortho intramolecular Hbond substituents is 2. The van der Waals surface area contributed by atoms with Crippen molar-refractivity contribution in [1.29, 1.82) is 0 Å². The predicted octanol–water partition coefficient (Wildman–Crippen LogP) is 1.96. The van der Waals surface area contributed by atoms with Crippen LogP contribution in [-0.2, 0) is 0 Å². The van der Waals surface area contributed by atoms with E-state index in [1.165, 1.54) is 12.1 Å². The van der Waals surface area contributed by atoms with Crippen molar-refractivity contribution in [2.75, 3.05) is 44.7 Å². The van der Waals surface area contributed by atoms with Crippen molar-refractivity contribution in [1.82, 2.24) is 4.90 Å². The number of rotatable bonds is 5. The second kappa shape index (κ2) is 7.63.